The Balaban J connectivity index is 1.52. The second kappa shape index (κ2) is 7.96. The smallest absolute Gasteiger partial charge is 0.229 e. The first-order valence-corrected chi connectivity index (χ1v) is 10.0. The van der Waals surface area contributed by atoms with Gasteiger partial charge in [0.05, 0.1) is 31.2 Å². The summed E-state index contributed by atoms with van der Waals surface area (Å²) in [5.74, 6) is 0.598. The third-order valence-corrected chi connectivity index (χ3v) is 5.90. The van der Waals surface area contributed by atoms with Crippen molar-refractivity contribution in [3.63, 3.8) is 0 Å². The van der Waals surface area contributed by atoms with Gasteiger partial charge in [-0.2, -0.15) is 0 Å². The zero-order chi connectivity index (χ0) is 19.6. The van der Waals surface area contributed by atoms with Gasteiger partial charge in [0.15, 0.2) is 0 Å². The van der Waals surface area contributed by atoms with Crippen LogP contribution < -0.4 is 15.5 Å². The van der Waals surface area contributed by atoms with Crippen molar-refractivity contribution in [3.8, 4) is 0 Å². The largest absolute Gasteiger partial charge is 0.355 e. The van der Waals surface area contributed by atoms with Gasteiger partial charge in [-0.25, -0.2) is 4.68 Å². The van der Waals surface area contributed by atoms with Gasteiger partial charge in [0.1, 0.15) is 6.04 Å². The van der Waals surface area contributed by atoms with Crippen LogP contribution in [0.15, 0.2) is 6.20 Å². The maximum atomic E-state index is 12.5. The number of nitrogens with one attached hydrogen (secondary N) is 3. The molecule has 3 fully saturated rings. The summed E-state index contributed by atoms with van der Waals surface area (Å²) >= 11 is 0. The second-order valence-electron chi connectivity index (χ2n) is 9.05. The van der Waals surface area contributed by atoms with Gasteiger partial charge in [0.25, 0.3) is 0 Å². The molecule has 3 aliphatic rings. The van der Waals surface area contributed by atoms with Gasteiger partial charge in [-0.15, -0.1) is 5.10 Å². The summed E-state index contributed by atoms with van der Waals surface area (Å²) in [7, 11) is 0. The number of fused-ring (bicyclic) bond motifs is 3. The number of quaternary nitrogens is 1. The van der Waals surface area contributed by atoms with Crippen molar-refractivity contribution >= 4 is 11.8 Å². The topological polar surface area (TPSA) is 93.3 Å². The average molecular weight is 378 g/mol. The van der Waals surface area contributed by atoms with E-state index in [1.54, 1.807) is 0 Å². The molecule has 4 atom stereocenters. The Kier molecular flexibility index (Phi) is 5.83. The van der Waals surface area contributed by atoms with Crippen molar-refractivity contribution in [2.24, 2.45) is 11.8 Å². The Bertz CT molecular complexity index is 680. The highest BCUT2D eigenvalue weighted by molar-refractivity contribution is 5.79. The molecule has 150 valence electrons. The van der Waals surface area contributed by atoms with Crippen LogP contribution in [0, 0.1) is 11.8 Å². The highest BCUT2D eigenvalue weighted by Gasteiger charge is 2.46. The van der Waals surface area contributed by atoms with Crippen molar-refractivity contribution in [1.29, 1.82) is 0 Å². The molecule has 3 N–H and O–H groups in total. The van der Waals surface area contributed by atoms with E-state index >= 15 is 0 Å². The molecule has 0 aromatic carbocycles. The number of amides is 2. The van der Waals surface area contributed by atoms with Crippen LogP contribution in [0.4, 0.5) is 0 Å². The molecule has 2 bridgehead atoms. The van der Waals surface area contributed by atoms with Crippen molar-refractivity contribution in [2.45, 2.75) is 58.5 Å². The minimum absolute atomic E-state index is 0.0113. The van der Waals surface area contributed by atoms with E-state index in [2.05, 4.69) is 47.9 Å². The molecule has 1 aromatic rings. The quantitative estimate of drug-likeness (QED) is 0.562. The molecule has 4 heterocycles. The fourth-order valence-electron chi connectivity index (χ4n) is 4.33. The Morgan fingerprint density at radius 3 is 2.63 bits per heavy atom. The van der Waals surface area contributed by atoms with Crippen LogP contribution in [0.2, 0.25) is 0 Å². The second-order valence-corrected chi connectivity index (χ2v) is 9.05. The molecule has 8 nitrogen and oxygen atoms in total. The third kappa shape index (κ3) is 4.86. The molecular weight excluding hydrogens is 344 g/mol. The van der Waals surface area contributed by atoms with Crippen molar-refractivity contribution < 1.29 is 14.5 Å². The number of aromatic nitrogens is 3. The summed E-state index contributed by atoms with van der Waals surface area (Å²) < 4.78 is 1.97. The van der Waals surface area contributed by atoms with Gasteiger partial charge in [0, 0.05) is 44.5 Å². The fourth-order valence-corrected chi connectivity index (χ4v) is 4.33. The van der Waals surface area contributed by atoms with Crippen molar-refractivity contribution in [2.75, 3.05) is 26.2 Å². The molecule has 3 aliphatic heterocycles. The molecule has 4 rings (SSSR count). The third-order valence-electron chi connectivity index (χ3n) is 5.90. The van der Waals surface area contributed by atoms with E-state index in [-0.39, 0.29) is 23.1 Å². The van der Waals surface area contributed by atoms with Gasteiger partial charge < -0.3 is 15.5 Å². The van der Waals surface area contributed by atoms with E-state index in [1.165, 1.54) is 11.8 Å². The van der Waals surface area contributed by atoms with Crippen LogP contribution in [0.3, 0.4) is 0 Å². The highest BCUT2D eigenvalue weighted by atomic mass is 16.2. The standard InChI is InChI=1S/C19H32N6O2/c1-13(26)20-6-7-21-18(27)16-11-24-8-5-14(16)9-15(24)10-25-12-17(22-23-25)19(2,3)4/h12,14-16H,5-11H2,1-4H3,(H,20,26)(H,21,27)/p+1/t14-,15-,16+/m1/s1. The van der Waals surface area contributed by atoms with Crippen LogP contribution in [0.5, 0.6) is 0 Å². The van der Waals surface area contributed by atoms with E-state index in [1.807, 2.05) is 4.68 Å². The summed E-state index contributed by atoms with van der Waals surface area (Å²) in [6.45, 7) is 11.8. The Hall–Kier alpha value is -1.96. The van der Waals surface area contributed by atoms with E-state index in [9.17, 15) is 9.59 Å². The maximum Gasteiger partial charge on any atom is 0.229 e. The zero-order valence-corrected chi connectivity index (χ0v) is 16.9. The first-order valence-electron chi connectivity index (χ1n) is 10.0. The monoisotopic (exact) mass is 377 g/mol. The molecule has 1 unspecified atom stereocenters. The van der Waals surface area contributed by atoms with E-state index < -0.39 is 0 Å². The molecule has 8 heteroatoms. The van der Waals surface area contributed by atoms with Gasteiger partial charge in [-0.3, -0.25) is 9.59 Å². The summed E-state index contributed by atoms with van der Waals surface area (Å²) in [5, 5.41) is 14.3. The predicted octanol–water partition coefficient (Wildman–Crippen LogP) is -0.879. The highest BCUT2D eigenvalue weighted by Crippen LogP contribution is 2.28. The summed E-state index contributed by atoms with van der Waals surface area (Å²) in [6.07, 6.45) is 4.24. The van der Waals surface area contributed by atoms with Crippen LogP contribution in [-0.4, -0.2) is 59.0 Å². The molecule has 0 aliphatic carbocycles. The lowest BCUT2D eigenvalue weighted by atomic mass is 9.75. The first-order chi connectivity index (χ1) is 12.7. The lowest BCUT2D eigenvalue weighted by Crippen LogP contribution is -3.20. The molecular formula is C19H33N6O2+. The number of carbonyl (C=O) groups excluding carboxylic acids is 2. The minimum atomic E-state index is -0.0675. The molecule has 1 aromatic heterocycles. The van der Waals surface area contributed by atoms with Crippen LogP contribution >= 0.6 is 0 Å². The van der Waals surface area contributed by atoms with Crippen molar-refractivity contribution in [3.05, 3.63) is 11.9 Å². The van der Waals surface area contributed by atoms with Gasteiger partial charge in [-0.05, 0) is 5.92 Å². The van der Waals surface area contributed by atoms with E-state index in [0.717, 1.165) is 38.2 Å². The van der Waals surface area contributed by atoms with Crippen LogP contribution in [0.1, 0.15) is 46.2 Å². The average Bonchev–Trinajstić information content (AvgIpc) is 3.08. The molecule has 2 amide bonds. The number of rotatable bonds is 6. The van der Waals surface area contributed by atoms with Gasteiger partial charge in [0.2, 0.25) is 11.8 Å². The lowest BCUT2D eigenvalue weighted by molar-refractivity contribution is -0.945. The predicted molar refractivity (Wildman–Crippen MR) is 101 cm³/mol. The number of carbonyl (C=O) groups is 2. The molecule has 27 heavy (non-hydrogen) atoms. The van der Waals surface area contributed by atoms with E-state index in [0.29, 0.717) is 25.0 Å². The molecule has 0 spiro atoms. The molecule has 0 radical (unpaired) electrons. The van der Waals surface area contributed by atoms with E-state index in [4.69, 9.17) is 0 Å². The SMILES string of the molecule is CC(=O)NCCNC(=O)[C@H]1C[NH+]2CC[C@@H]1C[C@@H]2Cn1cc(C(C)(C)C)nn1. The fraction of sp³-hybridized carbons (Fsp3) is 0.789. The molecule has 3 saturated heterocycles. The summed E-state index contributed by atoms with van der Waals surface area (Å²) in [6, 6.07) is 0.502. The lowest BCUT2D eigenvalue weighted by Gasteiger charge is -2.46. The maximum absolute atomic E-state index is 12.5. The van der Waals surface area contributed by atoms with Gasteiger partial charge in [-0.1, -0.05) is 26.0 Å². The van der Waals surface area contributed by atoms with Crippen LogP contribution in [0.25, 0.3) is 0 Å². The summed E-state index contributed by atoms with van der Waals surface area (Å²) in [5.41, 5.74) is 1.03. The van der Waals surface area contributed by atoms with Crippen molar-refractivity contribution in [1.82, 2.24) is 25.6 Å². The number of nitrogens with zero attached hydrogens (tertiary/aromatic N) is 3. The Morgan fingerprint density at radius 2 is 2.04 bits per heavy atom. The Labute approximate surface area is 161 Å². The number of hydrogen-bond donors (Lipinski definition) is 3. The number of hydrogen-bond acceptors (Lipinski definition) is 4. The Morgan fingerprint density at radius 1 is 1.30 bits per heavy atom. The van der Waals surface area contributed by atoms with Crippen LogP contribution in [-0.2, 0) is 21.5 Å². The minimum Gasteiger partial charge on any atom is -0.355 e. The summed E-state index contributed by atoms with van der Waals surface area (Å²) in [4.78, 5) is 25.0. The number of piperidine rings is 3. The zero-order valence-electron chi connectivity index (χ0n) is 16.9. The first kappa shape index (κ1) is 19.8. The van der Waals surface area contributed by atoms with Gasteiger partial charge >= 0.3 is 0 Å². The normalized spacial score (nSPS) is 27.4. The molecule has 0 saturated carbocycles.